The molecule has 0 aliphatic rings. The van der Waals surface area contributed by atoms with E-state index in [0.29, 0.717) is 0 Å². The van der Waals surface area contributed by atoms with Gasteiger partial charge in [0.25, 0.3) is 0 Å². The summed E-state index contributed by atoms with van der Waals surface area (Å²) in [5.41, 5.74) is 5.20. The molecule has 0 aromatic heterocycles. The van der Waals surface area contributed by atoms with E-state index in [1.807, 2.05) is 20.8 Å². The second kappa shape index (κ2) is 5.86. The normalized spacial score (nSPS) is 13.5. The Labute approximate surface area is 86.2 Å². The number of carbonyl (C=O) groups excluding carboxylic acids is 1. The molecule has 84 valence electrons. The van der Waals surface area contributed by atoms with E-state index in [0.717, 1.165) is 19.3 Å². The zero-order valence-corrected chi connectivity index (χ0v) is 9.59. The lowest BCUT2D eigenvalue weighted by atomic mass is 10.2. The first-order chi connectivity index (χ1) is 6.35. The van der Waals surface area contributed by atoms with E-state index in [1.165, 1.54) is 0 Å². The molecular weight excluding hydrogens is 180 g/mol. The molecule has 0 aliphatic heterocycles. The summed E-state index contributed by atoms with van der Waals surface area (Å²) in [7, 11) is 0. The fraction of sp³-hybridized carbons (Fsp3) is 0.900. The average molecular weight is 202 g/mol. The van der Waals surface area contributed by atoms with E-state index in [9.17, 15) is 4.79 Å². The first-order valence-electron chi connectivity index (χ1n) is 5.10. The van der Waals surface area contributed by atoms with Crippen LogP contribution in [-0.4, -0.2) is 17.9 Å². The number of amides is 1. The molecule has 0 bridgehead atoms. The number of carbonyl (C=O) groups is 1. The summed E-state index contributed by atoms with van der Waals surface area (Å²) in [4.78, 5) is 11.2. The Hall–Kier alpha value is -0.770. The van der Waals surface area contributed by atoms with E-state index in [1.54, 1.807) is 0 Å². The molecule has 0 saturated carbocycles. The monoisotopic (exact) mass is 202 g/mol. The van der Waals surface area contributed by atoms with Crippen molar-refractivity contribution in [3.05, 3.63) is 0 Å². The van der Waals surface area contributed by atoms with Crippen molar-refractivity contribution in [2.75, 3.05) is 0 Å². The van der Waals surface area contributed by atoms with E-state index in [4.69, 9.17) is 10.5 Å². The zero-order valence-electron chi connectivity index (χ0n) is 9.59. The average Bonchev–Trinajstić information content (AvgIpc) is 1.96. The van der Waals surface area contributed by atoms with Gasteiger partial charge in [-0.1, -0.05) is 19.8 Å². The number of rotatable bonds is 4. The Bertz CT molecular complexity index is 175. The van der Waals surface area contributed by atoms with Crippen LogP contribution in [0.2, 0.25) is 0 Å². The van der Waals surface area contributed by atoms with Crippen molar-refractivity contribution in [3.8, 4) is 0 Å². The molecule has 0 aliphatic carbocycles. The van der Waals surface area contributed by atoms with Gasteiger partial charge in [0, 0.05) is 0 Å². The van der Waals surface area contributed by atoms with Crippen molar-refractivity contribution >= 4 is 6.09 Å². The largest absolute Gasteiger partial charge is 0.444 e. The lowest BCUT2D eigenvalue weighted by Gasteiger charge is -2.21. The summed E-state index contributed by atoms with van der Waals surface area (Å²) in [6, 6.07) is 0. The van der Waals surface area contributed by atoms with E-state index >= 15 is 0 Å². The van der Waals surface area contributed by atoms with E-state index in [-0.39, 0.29) is 6.17 Å². The van der Waals surface area contributed by atoms with Gasteiger partial charge in [0.15, 0.2) is 0 Å². The van der Waals surface area contributed by atoms with Gasteiger partial charge < -0.3 is 15.8 Å². The molecule has 1 unspecified atom stereocenters. The van der Waals surface area contributed by atoms with Crippen LogP contribution >= 0.6 is 0 Å². The predicted molar refractivity (Wildman–Crippen MR) is 56.9 cm³/mol. The highest BCUT2D eigenvalue weighted by Gasteiger charge is 2.17. The minimum Gasteiger partial charge on any atom is -0.444 e. The summed E-state index contributed by atoms with van der Waals surface area (Å²) in [6.07, 6.45) is 2.13. The van der Waals surface area contributed by atoms with Gasteiger partial charge in [-0.3, -0.25) is 0 Å². The Morgan fingerprint density at radius 3 is 2.50 bits per heavy atom. The standard InChI is InChI=1S/C10H22N2O2/c1-5-6-7-8(11)12-9(13)14-10(2,3)4/h8H,5-7,11H2,1-4H3,(H,12,13). The number of alkyl carbamates (subject to hydrolysis) is 1. The smallest absolute Gasteiger partial charge is 0.408 e. The molecule has 0 radical (unpaired) electrons. The maximum atomic E-state index is 11.2. The molecular formula is C10H22N2O2. The van der Waals surface area contributed by atoms with Crippen LogP contribution in [0.1, 0.15) is 47.0 Å². The number of hydrogen-bond acceptors (Lipinski definition) is 3. The zero-order chi connectivity index (χ0) is 11.2. The first kappa shape index (κ1) is 13.2. The SMILES string of the molecule is CCCCC(N)NC(=O)OC(C)(C)C. The van der Waals surface area contributed by atoms with E-state index < -0.39 is 11.7 Å². The number of unbranched alkanes of at least 4 members (excludes halogenated alkanes) is 1. The van der Waals surface area contributed by atoms with Gasteiger partial charge in [0.05, 0.1) is 6.17 Å². The number of nitrogens with one attached hydrogen (secondary N) is 1. The molecule has 4 heteroatoms. The summed E-state index contributed by atoms with van der Waals surface area (Å²) in [6.45, 7) is 7.55. The molecule has 0 rings (SSSR count). The third-order valence-corrected chi connectivity index (χ3v) is 1.57. The number of hydrogen-bond donors (Lipinski definition) is 2. The van der Waals surface area contributed by atoms with Gasteiger partial charge in [-0.2, -0.15) is 0 Å². The number of ether oxygens (including phenoxy) is 1. The molecule has 3 N–H and O–H groups in total. The van der Waals surface area contributed by atoms with Crippen molar-refractivity contribution in [1.29, 1.82) is 0 Å². The Kier molecular flexibility index (Phi) is 5.53. The fourth-order valence-corrected chi connectivity index (χ4v) is 0.955. The van der Waals surface area contributed by atoms with Crippen LogP contribution in [0.25, 0.3) is 0 Å². The molecule has 0 heterocycles. The number of nitrogens with two attached hydrogens (primary N) is 1. The van der Waals surface area contributed by atoms with Crippen LogP contribution in [0, 0.1) is 0 Å². The van der Waals surface area contributed by atoms with Gasteiger partial charge in [-0.05, 0) is 27.2 Å². The second-order valence-corrected chi connectivity index (χ2v) is 4.39. The predicted octanol–water partition coefficient (Wildman–Crippen LogP) is 1.99. The minimum absolute atomic E-state index is 0.301. The van der Waals surface area contributed by atoms with E-state index in [2.05, 4.69) is 12.2 Å². The van der Waals surface area contributed by atoms with Gasteiger partial charge in [-0.15, -0.1) is 0 Å². The molecule has 4 nitrogen and oxygen atoms in total. The van der Waals surface area contributed by atoms with Crippen LogP contribution < -0.4 is 11.1 Å². The molecule has 0 saturated heterocycles. The lowest BCUT2D eigenvalue weighted by molar-refractivity contribution is 0.0503. The summed E-state index contributed by atoms with van der Waals surface area (Å²) in [5.74, 6) is 0. The van der Waals surface area contributed by atoms with Crippen molar-refractivity contribution < 1.29 is 9.53 Å². The topological polar surface area (TPSA) is 64.3 Å². The highest BCUT2D eigenvalue weighted by atomic mass is 16.6. The lowest BCUT2D eigenvalue weighted by Crippen LogP contribution is -2.44. The summed E-state index contributed by atoms with van der Waals surface area (Å²) >= 11 is 0. The summed E-state index contributed by atoms with van der Waals surface area (Å²) < 4.78 is 5.06. The molecule has 0 aromatic carbocycles. The van der Waals surface area contributed by atoms with Gasteiger partial charge >= 0.3 is 6.09 Å². The maximum Gasteiger partial charge on any atom is 0.408 e. The van der Waals surface area contributed by atoms with Crippen molar-refractivity contribution in [2.45, 2.75) is 58.7 Å². The Morgan fingerprint density at radius 2 is 2.07 bits per heavy atom. The molecule has 14 heavy (non-hydrogen) atoms. The van der Waals surface area contributed by atoms with Gasteiger partial charge in [0.2, 0.25) is 0 Å². The second-order valence-electron chi connectivity index (χ2n) is 4.39. The third kappa shape index (κ3) is 7.86. The van der Waals surface area contributed by atoms with Gasteiger partial charge in [0.1, 0.15) is 5.60 Å². The Morgan fingerprint density at radius 1 is 1.50 bits per heavy atom. The van der Waals surface area contributed by atoms with Crippen LogP contribution in [0.3, 0.4) is 0 Å². The molecule has 0 spiro atoms. The molecule has 1 amide bonds. The quantitative estimate of drug-likeness (QED) is 0.685. The van der Waals surface area contributed by atoms with Crippen LogP contribution in [0.4, 0.5) is 4.79 Å². The highest BCUT2D eigenvalue weighted by molar-refractivity contribution is 5.67. The van der Waals surface area contributed by atoms with Crippen molar-refractivity contribution in [3.63, 3.8) is 0 Å². The van der Waals surface area contributed by atoms with Crippen molar-refractivity contribution in [2.24, 2.45) is 5.73 Å². The van der Waals surface area contributed by atoms with Crippen LogP contribution in [0.5, 0.6) is 0 Å². The van der Waals surface area contributed by atoms with Gasteiger partial charge in [-0.25, -0.2) is 4.79 Å². The fourth-order valence-electron chi connectivity index (χ4n) is 0.955. The highest BCUT2D eigenvalue weighted by Crippen LogP contribution is 2.06. The molecule has 0 fully saturated rings. The Balaban J connectivity index is 3.71. The van der Waals surface area contributed by atoms with Crippen LogP contribution in [-0.2, 0) is 4.74 Å². The molecule has 0 aromatic rings. The third-order valence-electron chi connectivity index (χ3n) is 1.57. The summed E-state index contributed by atoms with van der Waals surface area (Å²) in [5, 5.41) is 2.59. The van der Waals surface area contributed by atoms with Crippen molar-refractivity contribution in [1.82, 2.24) is 5.32 Å². The maximum absolute atomic E-state index is 11.2. The minimum atomic E-state index is -0.464. The molecule has 1 atom stereocenters. The first-order valence-corrected chi connectivity index (χ1v) is 5.10. The van der Waals surface area contributed by atoms with Crippen LogP contribution in [0.15, 0.2) is 0 Å².